The van der Waals surface area contributed by atoms with Gasteiger partial charge < -0.3 is 5.73 Å². The lowest BCUT2D eigenvalue weighted by Crippen LogP contribution is -2.31. The lowest BCUT2D eigenvalue weighted by atomic mass is 10.0. The Morgan fingerprint density at radius 2 is 1.67 bits per heavy atom. The monoisotopic (exact) mass is 244 g/mol. The predicted octanol–water partition coefficient (Wildman–Crippen LogP) is 1.39. The first-order valence-electron chi connectivity index (χ1n) is 6.02. The van der Waals surface area contributed by atoms with E-state index in [-0.39, 0.29) is 17.9 Å². The number of carbonyl (C=O) groups is 2. The van der Waals surface area contributed by atoms with E-state index in [4.69, 9.17) is 5.73 Å². The van der Waals surface area contributed by atoms with Crippen molar-refractivity contribution in [3.63, 3.8) is 0 Å². The number of hydrogen-bond acceptors (Lipinski definition) is 3. The van der Waals surface area contributed by atoms with Gasteiger partial charge >= 0.3 is 0 Å². The molecule has 0 aromatic heterocycles. The van der Waals surface area contributed by atoms with Crippen LogP contribution in [-0.2, 0) is 9.59 Å². The number of hydrogen-bond donors (Lipinski definition) is 1. The Hall–Kier alpha value is -1.94. The molecule has 4 nitrogen and oxygen atoms in total. The van der Waals surface area contributed by atoms with E-state index >= 15 is 0 Å². The molecule has 2 N–H and O–H groups in total. The van der Waals surface area contributed by atoms with Crippen molar-refractivity contribution in [2.75, 3.05) is 6.54 Å². The third-order valence-corrected chi connectivity index (χ3v) is 3.03. The summed E-state index contributed by atoms with van der Waals surface area (Å²) in [6, 6.07) is 9.77. The second kappa shape index (κ2) is 5.60. The van der Waals surface area contributed by atoms with Crippen molar-refractivity contribution in [2.24, 2.45) is 5.73 Å². The molecule has 2 rings (SSSR count). The Kier molecular flexibility index (Phi) is 3.89. The molecule has 1 aromatic carbocycles. The van der Waals surface area contributed by atoms with Gasteiger partial charge in [0.25, 0.3) is 11.8 Å². The van der Waals surface area contributed by atoms with Gasteiger partial charge in [0.05, 0.1) is 0 Å². The van der Waals surface area contributed by atoms with E-state index in [0.717, 1.165) is 18.4 Å². The molecule has 1 aliphatic heterocycles. The molecule has 18 heavy (non-hydrogen) atoms. The molecule has 1 atom stereocenters. The summed E-state index contributed by atoms with van der Waals surface area (Å²) in [5.41, 5.74) is 7.12. The first kappa shape index (κ1) is 12.5. The van der Waals surface area contributed by atoms with Crippen LogP contribution >= 0.6 is 0 Å². The van der Waals surface area contributed by atoms with Crippen LogP contribution in [0, 0.1) is 0 Å². The van der Waals surface area contributed by atoms with Crippen LogP contribution in [0.25, 0.3) is 0 Å². The fourth-order valence-electron chi connectivity index (χ4n) is 1.99. The minimum atomic E-state index is -0.228. The Morgan fingerprint density at radius 3 is 2.28 bits per heavy atom. The second-order valence-corrected chi connectivity index (χ2v) is 4.32. The van der Waals surface area contributed by atoms with Crippen LogP contribution in [0.15, 0.2) is 42.5 Å². The van der Waals surface area contributed by atoms with Crippen LogP contribution in [0.5, 0.6) is 0 Å². The molecule has 0 aliphatic carbocycles. The van der Waals surface area contributed by atoms with Crippen LogP contribution in [0.4, 0.5) is 0 Å². The zero-order valence-electron chi connectivity index (χ0n) is 10.1. The fourth-order valence-corrected chi connectivity index (χ4v) is 1.99. The highest BCUT2D eigenvalue weighted by Gasteiger charge is 2.22. The Bertz CT molecular complexity index is 450. The molecule has 0 radical (unpaired) electrons. The van der Waals surface area contributed by atoms with E-state index in [1.54, 1.807) is 0 Å². The third kappa shape index (κ3) is 2.84. The molecule has 1 heterocycles. The van der Waals surface area contributed by atoms with Gasteiger partial charge in [-0.2, -0.15) is 0 Å². The number of nitrogens with zero attached hydrogens (tertiary/aromatic N) is 1. The Balaban J connectivity index is 1.79. The number of imide groups is 1. The van der Waals surface area contributed by atoms with Crippen LogP contribution < -0.4 is 5.73 Å². The normalized spacial score (nSPS) is 16.4. The maximum absolute atomic E-state index is 11.3. The molecule has 0 saturated heterocycles. The molecule has 2 amide bonds. The van der Waals surface area contributed by atoms with E-state index in [9.17, 15) is 9.59 Å². The first-order valence-corrected chi connectivity index (χ1v) is 6.02. The summed E-state index contributed by atoms with van der Waals surface area (Å²) in [6.07, 6.45) is 4.08. The van der Waals surface area contributed by atoms with Gasteiger partial charge in [0, 0.05) is 24.7 Å². The van der Waals surface area contributed by atoms with Gasteiger partial charge in [0.15, 0.2) is 0 Å². The van der Waals surface area contributed by atoms with Gasteiger partial charge in [-0.3, -0.25) is 14.5 Å². The fraction of sp³-hybridized carbons (Fsp3) is 0.286. The lowest BCUT2D eigenvalue weighted by molar-refractivity contribution is -0.136. The van der Waals surface area contributed by atoms with E-state index in [2.05, 4.69) is 0 Å². The minimum absolute atomic E-state index is 0.0491. The van der Waals surface area contributed by atoms with Crippen LogP contribution in [-0.4, -0.2) is 23.3 Å². The number of rotatable bonds is 5. The zero-order valence-corrected chi connectivity index (χ0v) is 10.1. The van der Waals surface area contributed by atoms with Gasteiger partial charge in [0.2, 0.25) is 0 Å². The van der Waals surface area contributed by atoms with E-state index in [1.165, 1.54) is 17.1 Å². The molecular weight excluding hydrogens is 228 g/mol. The maximum atomic E-state index is 11.3. The summed E-state index contributed by atoms with van der Waals surface area (Å²) in [5, 5.41) is 0. The average Bonchev–Trinajstić information content (AvgIpc) is 2.71. The molecule has 1 aliphatic rings. The van der Waals surface area contributed by atoms with E-state index in [0.29, 0.717) is 6.54 Å². The smallest absolute Gasteiger partial charge is 0.253 e. The highest BCUT2D eigenvalue weighted by Crippen LogP contribution is 2.16. The van der Waals surface area contributed by atoms with Gasteiger partial charge in [-0.25, -0.2) is 0 Å². The first-order chi connectivity index (χ1) is 8.68. The van der Waals surface area contributed by atoms with Crippen LogP contribution in [0.2, 0.25) is 0 Å². The highest BCUT2D eigenvalue weighted by molar-refractivity contribution is 6.12. The highest BCUT2D eigenvalue weighted by atomic mass is 16.2. The third-order valence-electron chi connectivity index (χ3n) is 3.03. The van der Waals surface area contributed by atoms with E-state index in [1.807, 2.05) is 30.3 Å². The summed E-state index contributed by atoms with van der Waals surface area (Å²) in [4.78, 5) is 23.9. The SMILES string of the molecule is NC(CCCN1C(=O)C=CC1=O)c1ccccc1. The van der Waals surface area contributed by atoms with Crippen molar-refractivity contribution >= 4 is 11.8 Å². The second-order valence-electron chi connectivity index (χ2n) is 4.32. The molecule has 1 unspecified atom stereocenters. The van der Waals surface area contributed by atoms with Crippen molar-refractivity contribution in [2.45, 2.75) is 18.9 Å². The topological polar surface area (TPSA) is 63.4 Å². The molecule has 0 saturated carbocycles. The van der Waals surface area contributed by atoms with Crippen molar-refractivity contribution in [3.8, 4) is 0 Å². The summed E-state index contributed by atoms with van der Waals surface area (Å²) in [7, 11) is 0. The minimum Gasteiger partial charge on any atom is -0.324 e. The van der Waals surface area contributed by atoms with Crippen molar-refractivity contribution in [3.05, 3.63) is 48.0 Å². The van der Waals surface area contributed by atoms with Gasteiger partial charge in [0.1, 0.15) is 0 Å². The lowest BCUT2D eigenvalue weighted by Gasteiger charge is -2.16. The van der Waals surface area contributed by atoms with Crippen LogP contribution in [0.1, 0.15) is 24.4 Å². The summed E-state index contributed by atoms with van der Waals surface area (Å²) >= 11 is 0. The largest absolute Gasteiger partial charge is 0.324 e. The number of nitrogens with two attached hydrogens (primary N) is 1. The molecular formula is C14H16N2O2. The van der Waals surface area contributed by atoms with Crippen molar-refractivity contribution < 1.29 is 9.59 Å². The Morgan fingerprint density at radius 1 is 1.06 bits per heavy atom. The number of carbonyl (C=O) groups excluding carboxylic acids is 2. The molecule has 0 bridgehead atoms. The van der Waals surface area contributed by atoms with E-state index < -0.39 is 0 Å². The molecule has 94 valence electrons. The number of benzene rings is 1. The van der Waals surface area contributed by atoms with Gasteiger partial charge in [-0.05, 0) is 18.4 Å². The summed E-state index contributed by atoms with van der Waals surface area (Å²) in [6.45, 7) is 0.436. The van der Waals surface area contributed by atoms with Crippen molar-refractivity contribution in [1.82, 2.24) is 4.90 Å². The summed E-state index contributed by atoms with van der Waals surface area (Å²) < 4.78 is 0. The van der Waals surface area contributed by atoms with Crippen molar-refractivity contribution in [1.29, 1.82) is 0 Å². The molecule has 4 heteroatoms. The average molecular weight is 244 g/mol. The molecule has 0 fully saturated rings. The van der Waals surface area contributed by atoms with Crippen LogP contribution in [0.3, 0.4) is 0 Å². The Labute approximate surface area is 106 Å². The molecule has 0 spiro atoms. The quantitative estimate of drug-likeness (QED) is 0.796. The van der Waals surface area contributed by atoms with Gasteiger partial charge in [-0.15, -0.1) is 0 Å². The van der Waals surface area contributed by atoms with Gasteiger partial charge in [-0.1, -0.05) is 30.3 Å². The standard InChI is InChI=1S/C14H16N2O2/c15-12(11-5-2-1-3-6-11)7-4-10-16-13(17)8-9-14(16)18/h1-3,5-6,8-9,12H,4,7,10,15H2. The predicted molar refractivity (Wildman–Crippen MR) is 68.5 cm³/mol. The zero-order chi connectivity index (χ0) is 13.0. The number of amides is 2. The summed E-state index contributed by atoms with van der Waals surface area (Å²) in [5.74, 6) is -0.457. The molecule has 1 aromatic rings. The maximum Gasteiger partial charge on any atom is 0.253 e.